The average Bonchev–Trinajstić information content (AvgIpc) is 2.37. The SMILES string of the molecule is CC(C)NCCCN1CCCNC(=O)C1. The Bertz CT molecular complexity index is 194. The molecule has 1 aliphatic rings. The van der Waals surface area contributed by atoms with Crippen LogP contribution in [0.15, 0.2) is 0 Å². The van der Waals surface area contributed by atoms with Gasteiger partial charge in [0.25, 0.3) is 0 Å². The summed E-state index contributed by atoms with van der Waals surface area (Å²) in [6, 6.07) is 0.553. The summed E-state index contributed by atoms with van der Waals surface area (Å²) < 4.78 is 0. The molecule has 0 unspecified atom stereocenters. The second kappa shape index (κ2) is 6.80. The second-order valence-corrected chi connectivity index (χ2v) is 4.44. The van der Waals surface area contributed by atoms with Crippen molar-refractivity contribution >= 4 is 5.91 Å². The van der Waals surface area contributed by atoms with Gasteiger partial charge in [-0.15, -0.1) is 0 Å². The van der Waals surface area contributed by atoms with E-state index in [9.17, 15) is 4.79 Å². The third-order valence-electron chi connectivity index (χ3n) is 2.54. The maximum absolute atomic E-state index is 11.3. The zero-order valence-electron chi connectivity index (χ0n) is 9.88. The van der Waals surface area contributed by atoms with Crippen LogP contribution in [0, 0.1) is 0 Å². The van der Waals surface area contributed by atoms with Crippen LogP contribution in [0.2, 0.25) is 0 Å². The summed E-state index contributed by atoms with van der Waals surface area (Å²) in [5.74, 6) is 0.171. The van der Waals surface area contributed by atoms with Crippen LogP contribution in [0.25, 0.3) is 0 Å². The van der Waals surface area contributed by atoms with E-state index < -0.39 is 0 Å². The van der Waals surface area contributed by atoms with Crippen molar-refractivity contribution in [3.63, 3.8) is 0 Å². The molecule has 0 radical (unpaired) electrons. The molecule has 0 spiro atoms. The van der Waals surface area contributed by atoms with E-state index in [2.05, 4.69) is 29.4 Å². The van der Waals surface area contributed by atoms with Crippen molar-refractivity contribution in [3.8, 4) is 0 Å². The monoisotopic (exact) mass is 213 g/mol. The van der Waals surface area contributed by atoms with Crippen molar-refractivity contribution in [1.29, 1.82) is 0 Å². The molecule has 88 valence electrons. The summed E-state index contributed by atoms with van der Waals surface area (Å²) in [6.07, 6.45) is 2.19. The first-order valence-electron chi connectivity index (χ1n) is 5.91. The number of nitrogens with zero attached hydrogens (tertiary/aromatic N) is 1. The van der Waals surface area contributed by atoms with Crippen molar-refractivity contribution in [2.45, 2.75) is 32.7 Å². The molecular formula is C11H23N3O. The van der Waals surface area contributed by atoms with Crippen molar-refractivity contribution in [2.75, 3.05) is 32.7 Å². The predicted molar refractivity (Wildman–Crippen MR) is 61.8 cm³/mol. The molecule has 1 saturated heterocycles. The maximum atomic E-state index is 11.3. The van der Waals surface area contributed by atoms with Gasteiger partial charge in [-0.25, -0.2) is 0 Å². The fourth-order valence-corrected chi connectivity index (χ4v) is 1.75. The molecule has 15 heavy (non-hydrogen) atoms. The zero-order valence-corrected chi connectivity index (χ0v) is 9.88. The summed E-state index contributed by atoms with van der Waals surface area (Å²) in [5.41, 5.74) is 0. The first kappa shape index (κ1) is 12.5. The molecule has 4 heteroatoms. The van der Waals surface area contributed by atoms with Crippen LogP contribution < -0.4 is 10.6 Å². The predicted octanol–water partition coefficient (Wildman–Crippen LogP) is 0.196. The lowest BCUT2D eigenvalue weighted by molar-refractivity contribution is -0.121. The highest BCUT2D eigenvalue weighted by atomic mass is 16.2. The van der Waals surface area contributed by atoms with Gasteiger partial charge in [0, 0.05) is 19.1 Å². The van der Waals surface area contributed by atoms with E-state index in [-0.39, 0.29) is 5.91 Å². The first-order chi connectivity index (χ1) is 7.18. The van der Waals surface area contributed by atoms with Gasteiger partial charge in [-0.05, 0) is 25.9 Å². The molecule has 0 aliphatic carbocycles. The normalized spacial score (nSPS) is 19.0. The lowest BCUT2D eigenvalue weighted by Crippen LogP contribution is -2.35. The lowest BCUT2D eigenvalue weighted by atomic mass is 10.3. The van der Waals surface area contributed by atoms with Gasteiger partial charge < -0.3 is 10.6 Å². The molecular weight excluding hydrogens is 190 g/mol. The molecule has 0 aromatic rings. The number of hydrogen-bond acceptors (Lipinski definition) is 3. The first-order valence-corrected chi connectivity index (χ1v) is 5.91. The van der Waals surface area contributed by atoms with Crippen molar-refractivity contribution in [2.24, 2.45) is 0 Å². The summed E-state index contributed by atoms with van der Waals surface area (Å²) >= 11 is 0. The number of hydrogen-bond donors (Lipinski definition) is 2. The minimum atomic E-state index is 0.171. The highest BCUT2D eigenvalue weighted by Crippen LogP contribution is 1.97. The van der Waals surface area contributed by atoms with Crippen LogP contribution in [0.1, 0.15) is 26.7 Å². The topological polar surface area (TPSA) is 44.4 Å². The number of carbonyl (C=O) groups excluding carboxylic acids is 1. The van der Waals surface area contributed by atoms with E-state index in [0.29, 0.717) is 12.6 Å². The van der Waals surface area contributed by atoms with Crippen molar-refractivity contribution in [1.82, 2.24) is 15.5 Å². The zero-order chi connectivity index (χ0) is 11.1. The molecule has 0 saturated carbocycles. The van der Waals surface area contributed by atoms with Crippen LogP contribution >= 0.6 is 0 Å². The molecule has 1 amide bonds. The number of nitrogens with one attached hydrogen (secondary N) is 2. The quantitative estimate of drug-likeness (QED) is 0.641. The number of carbonyl (C=O) groups is 1. The van der Waals surface area contributed by atoms with Gasteiger partial charge in [-0.2, -0.15) is 0 Å². The van der Waals surface area contributed by atoms with Crippen LogP contribution in [0.3, 0.4) is 0 Å². The van der Waals surface area contributed by atoms with Crippen LogP contribution in [-0.4, -0.2) is 49.6 Å². The molecule has 0 aromatic carbocycles. The molecule has 1 heterocycles. The van der Waals surface area contributed by atoms with Crippen LogP contribution in [0.4, 0.5) is 0 Å². The Kier molecular flexibility index (Phi) is 5.65. The van der Waals surface area contributed by atoms with Crippen LogP contribution in [-0.2, 0) is 4.79 Å². The van der Waals surface area contributed by atoms with Gasteiger partial charge in [0.2, 0.25) is 5.91 Å². The Hall–Kier alpha value is -0.610. The molecule has 1 aliphatic heterocycles. The van der Waals surface area contributed by atoms with Gasteiger partial charge in [0.05, 0.1) is 6.54 Å². The van der Waals surface area contributed by atoms with Crippen LogP contribution in [0.5, 0.6) is 0 Å². The van der Waals surface area contributed by atoms with Gasteiger partial charge in [0.15, 0.2) is 0 Å². The molecule has 2 N–H and O–H groups in total. The minimum Gasteiger partial charge on any atom is -0.355 e. The van der Waals surface area contributed by atoms with E-state index in [0.717, 1.165) is 39.0 Å². The van der Waals surface area contributed by atoms with Gasteiger partial charge in [0.1, 0.15) is 0 Å². The fourth-order valence-electron chi connectivity index (χ4n) is 1.75. The molecule has 1 rings (SSSR count). The standard InChI is InChI=1S/C11H23N3O/c1-10(2)12-5-3-7-14-8-4-6-13-11(15)9-14/h10,12H,3-9H2,1-2H3,(H,13,15). The summed E-state index contributed by atoms with van der Waals surface area (Å²) in [7, 11) is 0. The summed E-state index contributed by atoms with van der Waals surface area (Å²) in [4.78, 5) is 13.5. The Labute approximate surface area is 92.4 Å². The van der Waals surface area contributed by atoms with E-state index in [1.54, 1.807) is 0 Å². The largest absolute Gasteiger partial charge is 0.355 e. The Morgan fingerprint density at radius 2 is 2.33 bits per heavy atom. The van der Waals surface area contributed by atoms with E-state index in [1.165, 1.54) is 0 Å². The number of amides is 1. The van der Waals surface area contributed by atoms with E-state index in [4.69, 9.17) is 0 Å². The lowest BCUT2D eigenvalue weighted by Gasteiger charge is -2.18. The Morgan fingerprint density at radius 3 is 3.07 bits per heavy atom. The van der Waals surface area contributed by atoms with Crippen molar-refractivity contribution < 1.29 is 4.79 Å². The second-order valence-electron chi connectivity index (χ2n) is 4.44. The number of rotatable bonds is 5. The van der Waals surface area contributed by atoms with E-state index in [1.807, 2.05) is 0 Å². The molecule has 1 fully saturated rings. The third-order valence-corrected chi connectivity index (χ3v) is 2.54. The molecule has 0 aromatic heterocycles. The van der Waals surface area contributed by atoms with E-state index >= 15 is 0 Å². The Morgan fingerprint density at radius 1 is 1.53 bits per heavy atom. The van der Waals surface area contributed by atoms with Crippen molar-refractivity contribution in [3.05, 3.63) is 0 Å². The summed E-state index contributed by atoms with van der Waals surface area (Å²) in [5, 5.41) is 6.27. The third kappa shape index (κ3) is 5.74. The summed E-state index contributed by atoms with van der Waals surface area (Å²) in [6.45, 7) is 8.81. The molecule has 4 nitrogen and oxygen atoms in total. The highest BCUT2D eigenvalue weighted by molar-refractivity contribution is 5.78. The Balaban J connectivity index is 2.11. The minimum absolute atomic E-state index is 0.171. The van der Waals surface area contributed by atoms with Gasteiger partial charge in [-0.3, -0.25) is 9.69 Å². The molecule has 0 bridgehead atoms. The van der Waals surface area contributed by atoms with Gasteiger partial charge in [-0.1, -0.05) is 13.8 Å². The fraction of sp³-hybridized carbons (Fsp3) is 0.909. The maximum Gasteiger partial charge on any atom is 0.234 e. The van der Waals surface area contributed by atoms with Gasteiger partial charge >= 0.3 is 0 Å². The highest BCUT2D eigenvalue weighted by Gasteiger charge is 2.13. The average molecular weight is 213 g/mol. The molecule has 0 atom stereocenters. The smallest absolute Gasteiger partial charge is 0.234 e.